The first-order chi connectivity index (χ1) is 11.6. The minimum absolute atomic E-state index is 0.410. The molecule has 1 aromatic heterocycles. The molecule has 0 radical (unpaired) electrons. The number of piperidine rings is 1. The van der Waals surface area contributed by atoms with Crippen molar-refractivity contribution in [2.45, 2.75) is 18.1 Å². The van der Waals surface area contributed by atoms with E-state index in [1.807, 2.05) is 37.2 Å². The molecule has 1 saturated heterocycles. The van der Waals surface area contributed by atoms with Gasteiger partial charge >= 0.3 is 0 Å². The highest BCUT2D eigenvalue weighted by Gasteiger charge is 2.46. The van der Waals surface area contributed by atoms with Crippen LogP contribution in [0.1, 0.15) is 12.0 Å². The fourth-order valence-electron chi connectivity index (χ4n) is 3.64. The third-order valence-electron chi connectivity index (χ3n) is 4.92. The largest absolute Gasteiger partial charge is 0.478 e. The molecule has 3 rings (SSSR count). The first-order valence-electron chi connectivity index (χ1n) is 8.10. The zero-order chi connectivity index (χ0) is 17.2. The summed E-state index contributed by atoms with van der Waals surface area (Å²) in [5, 5.41) is 11.1. The zero-order valence-electron chi connectivity index (χ0n) is 14.4. The summed E-state index contributed by atoms with van der Waals surface area (Å²) in [6.07, 6.45) is 3.48. The molecule has 2 aromatic rings. The number of β-amino-alcohol motifs (C(OH)–C–C–N with tert-alkyl or cyclic N) is 1. The molecule has 0 saturated carbocycles. The number of hydrogen-bond acceptors (Lipinski definition) is 6. The van der Waals surface area contributed by atoms with E-state index in [0.717, 1.165) is 18.5 Å². The predicted molar refractivity (Wildman–Crippen MR) is 93.2 cm³/mol. The van der Waals surface area contributed by atoms with Crippen molar-refractivity contribution >= 4 is 5.82 Å². The van der Waals surface area contributed by atoms with Crippen LogP contribution in [0.5, 0.6) is 5.88 Å². The minimum Gasteiger partial charge on any atom is -0.478 e. The summed E-state index contributed by atoms with van der Waals surface area (Å²) in [5.41, 5.74) is 0.723. The van der Waals surface area contributed by atoms with Crippen molar-refractivity contribution in [1.82, 2.24) is 14.9 Å². The predicted octanol–water partition coefficient (Wildman–Crippen LogP) is 1.51. The molecular weight excluding hydrogens is 304 g/mol. The highest BCUT2D eigenvalue weighted by Crippen LogP contribution is 2.39. The Kier molecular flexibility index (Phi) is 4.69. The van der Waals surface area contributed by atoms with E-state index in [9.17, 15) is 5.11 Å². The maximum atomic E-state index is 11.1. The number of aliphatic hydroxyl groups is 1. The molecule has 0 bridgehead atoms. The van der Waals surface area contributed by atoms with Crippen molar-refractivity contribution in [3.05, 3.63) is 48.3 Å². The summed E-state index contributed by atoms with van der Waals surface area (Å²) < 4.78 is 5.31. The average Bonchev–Trinajstić information content (AvgIpc) is 2.62. The molecule has 2 heterocycles. The highest BCUT2D eigenvalue weighted by atomic mass is 16.5. The SMILES string of the molecule is COc1nccnc1N1CC[C@@](c2ccccc2)(N(C)C)[C@H](O)C1. The Balaban J connectivity index is 1.91. The van der Waals surface area contributed by atoms with Gasteiger partial charge in [0.25, 0.3) is 5.88 Å². The summed E-state index contributed by atoms with van der Waals surface area (Å²) in [6, 6.07) is 10.2. The van der Waals surface area contributed by atoms with E-state index >= 15 is 0 Å². The number of nitrogens with zero attached hydrogens (tertiary/aromatic N) is 4. The molecule has 0 amide bonds. The van der Waals surface area contributed by atoms with Crippen LogP contribution in [0, 0.1) is 0 Å². The van der Waals surface area contributed by atoms with Crippen molar-refractivity contribution in [2.24, 2.45) is 0 Å². The summed E-state index contributed by atoms with van der Waals surface area (Å²) in [4.78, 5) is 12.8. The van der Waals surface area contributed by atoms with E-state index in [1.54, 1.807) is 19.5 Å². The number of aliphatic hydroxyl groups excluding tert-OH is 1. The quantitative estimate of drug-likeness (QED) is 0.918. The van der Waals surface area contributed by atoms with E-state index in [2.05, 4.69) is 27.0 Å². The Morgan fingerprint density at radius 1 is 1.21 bits per heavy atom. The molecule has 1 aromatic carbocycles. The number of benzene rings is 1. The van der Waals surface area contributed by atoms with Crippen LogP contribution >= 0.6 is 0 Å². The summed E-state index contributed by atoms with van der Waals surface area (Å²) in [7, 11) is 5.63. The third kappa shape index (κ3) is 2.72. The molecule has 24 heavy (non-hydrogen) atoms. The fourth-order valence-corrected chi connectivity index (χ4v) is 3.64. The number of likely N-dealkylation sites (N-methyl/N-ethyl adjacent to an activating group) is 1. The van der Waals surface area contributed by atoms with Crippen molar-refractivity contribution in [1.29, 1.82) is 0 Å². The molecule has 1 aliphatic heterocycles. The summed E-state index contributed by atoms with van der Waals surface area (Å²) in [6.45, 7) is 1.24. The number of hydrogen-bond donors (Lipinski definition) is 1. The first-order valence-corrected chi connectivity index (χ1v) is 8.10. The molecule has 0 spiro atoms. The summed E-state index contributed by atoms with van der Waals surface area (Å²) in [5.74, 6) is 1.17. The molecule has 128 valence electrons. The molecule has 6 nitrogen and oxygen atoms in total. The smallest absolute Gasteiger partial charge is 0.257 e. The standard InChI is InChI=1S/C18H24N4O2/c1-21(2)18(14-7-5-4-6-8-14)9-12-22(13-15(18)23)16-17(24-3)20-11-10-19-16/h4-8,10-11,15,23H,9,12-13H2,1-3H3/t15-,18+/m1/s1. The van der Waals surface area contributed by atoms with Gasteiger partial charge in [-0.2, -0.15) is 0 Å². The topological polar surface area (TPSA) is 61.7 Å². The van der Waals surface area contributed by atoms with Crippen LogP contribution in [0.15, 0.2) is 42.7 Å². The van der Waals surface area contributed by atoms with Crippen LogP contribution in [0.2, 0.25) is 0 Å². The number of aromatic nitrogens is 2. The van der Waals surface area contributed by atoms with Gasteiger partial charge in [0.2, 0.25) is 0 Å². The lowest BCUT2D eigenvalue weighted by Crippen LogP contribution is -2.60. The van der Waals surface area contributed by atoms with Crippen molar-refractivity contribution in [3.63, 3.8) is 0 Å². The third-order valence-corrected chi connectivity index (χ3v) is 4.92. The van der Waals surface area contributed by atoms with E-state index in [1.165, 1.54) is 0 Å². The van der Waals surface area contributed by atoms with Gasteiger partial charge < -0.3 is 14.7 Å². The lowest BCUT2D eigenvalue weighted by Gasteiger charge is -2.50. The second kappa shape index (κ2) is 6.75. The Morgan fingerprint density at radius 2 is 1.92 bits per heavy atom. The number of anilines is 1. The van der Waals surface area contributed by atoms with Gasteiger partial charge in [0.1, 0.15) is 0 Å². The molecule has 0 unspecified atom stereocenters. The number of rotatable bonds is 4. The second-order valence-electron chi connectivity index (χ2n) is 6.29. The van der Waals surface area contributed by atoms with Gasteiger partial charge in [-0.3, -0.25) is 4.90 Å². The maximum Gasteiger partial charge on any atom is 0.257 e. The summed E-state index contributed by atoms with van der Waals surface area (Å²) >= 11 is 0. The van der Waals surface area contributed by atoms with Crippen molar-refractivity contribution in [3.8, 4) is 5.88 Å². The molecule has 2 atom stereocenters. The van der Waals surface area contributed by atoms with Crippen LogP contribution in [-0.4, -0.2) is 60.4 Å². The van der Waals surface area contributed by atoms with Gasteiger partial charge in [0.15, 0.2) is 5.82 Å². The number of methoxy groups -OCH3 is 1. The van der Waals surface area contributed by atoms with Crippen LogP contribution < -0.4 is 9.64 Å². The van der Waals surface area contributed by atoms with E-state index in [4.69, 9.17) is 4.74 Å². The van der Waals surface area contributed by atoms with Crippen LogP contribution in [0.25, 0.3) is 0 Å². The highest BCUT2D eigenvalue weighted by molar-refractivity contribution is 5.49. The van der Waals surface area contributed by atoms with E-state index < -0.39 is 11.6 Å². The lowest BCUT2D eigenvalue weighted by molar-refractivity contribution is -0.0247. The van der Waals surface area contributed by atoms with E-state index in [-0.39, 0.29) is 0 Å². The van der Waals surface area contributed by atoms with Gasteiger partial charge in [-0.05, 0) is 26.1 Å². The van der Waals surface area contributed by atoms with Gasteiger partial charge in [0, 0.05) is 25.5 Å². The van der Waals surface area contributed by atoms with Crippen LogP contribution in [-0.2, 0) is 5.54 Å². The molecule has 1 N–H and O–H groups in total. The molecular formula is C18H24N4O2. The zero-order valence-corrected chi connectivity index (χ0v) is 14.4. The molecule has 6 heteroatoms. The Bertz CT molecular complexity index is 680. The fraction of sp³-hybridized carbons (Fsp3) is 0.444. The first kappa shape index (κ1) is 16.7. The van der Waals surface area contributed by atoms with Gasteiger partial charge in [-0.15, -0.1) is 0 Å². The van der Waals surface area contributed by atoms with Crippen molar-refractivity contribution < 1.29 is 9.84 Å². The molecule has 0 aliphatic carbocycles. The normalized spacial score (nSPS) is 24.2. The van der Waals surface area contributed by atoms with Crippen LogP contribution in [0.4, 0.5) is 5.82 Å². The van der Waals surface area contributed by atoms with Gasteiger partial charge in [-0.1, -0.05) is 30.3 Å². The monoisotopic (exact) mass is 328 g/mol. The van der Waals surface area contributed by atoms with Crippen LogP contribution in [0.3, 0.4) is 0 Å². The minimum atomic E-state index is -0.560. The Hall–Kier alpha value is -2.18. The second-order valence-corrected chi connectivity index (χ2v) is 6.29. The Morgan fingerprint density at radius 3 is 2.54 bits per heavy atom. The van der Waals surface area contributed by atoms with Gasteiger partial charge in [-0.25, -0.2) is 9.97 Å². The maximum absolute atomic E-state index is 11.1. The van der Waals surface area contributed by atoms with Crippen molar-refractivity contribution in [2.75, 3.05) is 39.2 Å². The average molecular weight is 328 g/mol. The molecule has 1 aliphatic rings. The lowest BCUT2D eigenvalue weighted by atomic mass is 9.77. The number of ether oxygens (including phenoxy) is 1. The molecule has 1 fully saturated rings. The Labute approximate surface area is 142 Å². The van der Waals surface area contributed by atoms with Gasteiger partial charge in [0.05, 0.1) is 18.8 Å². The van der Waals surface area contributed by atoms with E-state index in [0.29, 0.717) is 18.2 Å².